The second kappa shape index (κ2) is 11.9. The molecule has 0 radical (unpaired) electrons. The molecule has 2 aromatic rings. The van der Waals surface area contributed by atoms with Crippen molar-refractivity contribution >= 4 is 0 Å². The summed E-state index contributed by atoms with van der Waals surface area (Å²) in [7, 11) is 0. The van der Waals surface area contributed by atoms with Crippen LogP contribution in [-0.4, -0.2) is 13.2 Å². The topological polar surface area (TPSA) is 18.5 Å². The van der Waals surface area contributed by atoms with Crippen LogP contribution in [0.2, 0.25) is 0 Å². The van der Waals surface area contributed by atoms with Crippen LogP contribution in [-0.2, 0) is 17.6 Å². The first-order chi connectivity index (χ1) is 16.6. The fraction of sp³-hybridized carbons (Fsp3) is 0.533. The summed E-state index contributed by atoms with van der Waals surface area (Å²) >= 11 is 0. The third kappa shape index (κ3) is 6.00. The van der Waals surface area contributed by atoms with Crippen LogP contribution in [0.15, 0.2) is 48.2 Å². The zero-order valence-corrected chi connectivity index (χ0v) is 20.6. The number of hydrogen-bond acceptors (Lipinski definition) is 2. The van der Waals surface area contributed by atoms with E-state index in [1.165, 1.54) is 55.9 Å². The van der Waals surface area contributed by atoms with Gasteiger partial charge < -0.3 is 9.47 Å². The summed E-state index contributed by atoms with van der Waals surface area (Å²) in [6, 6.07) is 11.7. The molecule has 1 heterocycles. The van der Waals surface area contributed by atoms with Gasteiger partial charge in [-0.25, -0.2) is 4.39 Å². The molecule has 0 aromatic heterocycles. The number of benzene rings is 2. The molecule has 0 spiro atoms. The van der Waals surface area contributed by atoms with Crippen molar-refractivity contribution in [3.63, 3.8) is 0 Å². The predicted molar refractivity (Wildman–Crippen MR) is 133 cm³/mol. The lowest BCUT2D eigenvalue weighted by Crippen LogP contribution is -2.21. The summed E-state index contributed by atoms with van der Waals surface area (Å²) < 4.78 is 39.8. The Balaban J connectivity index is 1.29. The zero-order valence-electron chi connectivity index (χ0n) is 20.6. The van der Waals surface area contributed by atoms with Crippen LogP contribution < -0.4 is 4.74 Å². The molecule has 1 aliphatic carbocycles. The minimum atomic E-state index is -0.895. The fourth-order valence-corrected chi connectivity index (χ4v) is 5.51. The molecular formula is C30H38F2O2. The minimum Gasteiger partial charge on any atom is -0.497 e. The lowest BCUT2D eigenvalue weighted by molar-refractivity contribution is 0.123. The van der Waals surface area contributed by atoms with E-state index in [2.05, 4.69) is 37.3 Å². The Bertz CT molecular complexity index is 959. The van der Waals surface area contributed by atoms with Crippen molar-refractivity contribution in [2.75, 3.05) is 13.2 Å². The number of halogens is 2. The Morgan fingerprint density at radius 1 is 0.882 bits per heavy atom. The summed E-state index contributed by atoms with van der Waals surface area (Å²) in [6.45, 7) is 5.10. The van der Waals surface area contributed by atoms with Gasteiger partial charge in [0.1, 0.15) is 0 Å². The third-order valence-electron chi connectivity index (χ3n) is 7.56. The van der Waals surface area contributed by atoms with E-state index < -0.39 is 11.6 Å². The quantitative estimate of drug-likeness (QED) is 0.370. The lowest BCUT2D eigenvalue weighted by atomic mass is 9.78. The summed E-state index contributed by atoms with van der Waals surface area (Å²) in [6.07, 6.45) is 12.4. The SMILES string of the molecule is CCCC1CCC(C2=CCC(c3ccc(CCc4ccc(OCC)c(F)c4F)cc3)CO2)CC1. The molecule has 1 unspecified atom stereocenters. The van der Waals surface area contributed by atoms with E-state index in [-0.39, 0.29) is 5.75 Å². The zero-order chi connectivity index (χ0) is 23.9. The van der Waals surface area contributed by atoms with Crippen molar-refractivity contribution in [2.45, 2.75) is 77.6 Å². The number of aryl methyl sites for hydroxylation is 2. The molecule has 0 bridgehead atoms. The van der Waals surface area contributed by atoms with Gasteiger partial charge in [0.05, 0.1) is 19.0 Å². The van der Waals surface area contributed by atoms with Crippen LogP contribution >= 0.6 is 0 Å². The van der Waals surface area contributed by atoms with E-state index in [4.69, 9.17) is 9.47 Å². The monoisotopic (exact) mass is 468 g/mol. The fourth-order valence-electron chi connectivity index (χ4n) is 5.51. The molecule has 0 amide bonds. The molecule has 1 aliphatic heterocycles. The molecule has 4 heteroatoms. The first-order valence-electron chi connectivity index (χ1n) is 13.1. The van der Waals surface area contributed by atoms with Crippen LogP contribution in [0.5, 0.6) is 5.75 Å². The van der Waals surface area contributed by atoms with Crippen LogP contribution in [0.25, 0.3) is 0 Å². The van der Waals surface area contributed by atoms with Gasteiger partial charge in [-0.3, -0.25) is 0 Å². The van der Waals surface area contributed by atoms with Gasteiger partial charge in [-0.1, -0.05) is 50.1 Å². The molecule has 2 aliphatic rings. The van der Waals surface area contributed by atoms with E-state index in [0.717, 1.165) is 24.5 Å². The van der Waals surface area contributed by atoms with Gasteiger partial charge in [0, 0.05) is 11.8 Å². The van der Waals surface area contributed by atoms with Gasteiger partial charge in [0.2, 0.25) is 5.82 Å². The molecule has 34 heavy (non-hydrogen) atoms. The van der Waals surface area contributed by atoms with Gasteiger partial charge in [0.25, 0.3) is 0 Å². The number of ether oxygens (including phenoxy) is 2. The van der Waals surface area contributed by atoms with E-state index in [1.54, 1.807) is 13.0 Å². The summed E-state index contributed by atoms with van der Waals surface area (Å²) in [5.41, 5.74) is 2.78. The van der Waals surface area contributed by atoms with Gasteiger partial charge >= 0.3 is 0 Å². The second-order valence-electron chi connectivity index (χ2n) is 9.88. The van der Waals surface area contributed by atoms with Gasteiger partial charge in [0.15, 0.2) is 11.6 Å². The third-order valence-corrected chi connectivity index (χ3v) is 7.56. The molecule has 0 saturated heterocycles. The van der Waals surface area contributed by atoms with Crippen molar-refractivity contribution in [3.8, 4) is 5.75 Å². The van der Waals surface area contributed by atoms with Crippen molar-refractivity contribution in [2.24, 2.45) is 11.8 Å². The van der Waals surface area contributed by atoms with Crippen molar-refractivity contribution < 1.29 is 18.3 Å². The van der Waals surface area contributed by atoms with Crippen LogP contribution in [0.1, 0.15) is 81.4 Å². The second-order valence-corrected chi connectivity index (χ2v) is 9.88. The van der Waals surface area contributed by atoms with E-state index in [9.17, 15) is 8.78 Å². The maximum atomic E-state index is 14.3. The highest BCUT2D eigenvalue weighted by molar-refractivity contribution is 5.33. The average molecular weight is 469 g/mol. The highest BCUT2D eigenvalue weighted by Crippen LogP contribution is 2.38. The first kappa shape index (κ1) is 24.8. The van der Waals surface area contributed by atoms with Gasteiger partial charge in [-0.2, -0.15) is 4.39 Å². The molecule has 1 atom stereocenters. The smallest absolute Gasteiger partial charge is 0.200 e. The maximum Gasteiger partial charge on any atom is 0.200 e. The van der Waals surface area contributed by atoms with Crippen molar-refractivity contribution in [1.82, 2.24) is 0 Å². The molecule has 1 fully saturated rings. The molecular weight excluding hydrogens is 430 g/mol. The predicted octanol–water partition coefficient (Wildman–Crippen LogP) is 8.14. The average Bonchev–Trinajstić information content (AvgIpc) is 2.88. The van der Waals surface area contributed by atoms with Crippen molar-refractivity contribution in [1.29, 1.82) is 0 Å². The summed E-state index contributed by atoms with van der Waals surface area (Å²) in [5.74, 6) is 1.42. The highest BCUT2D eigenvalue weighted by atomic mass is 19.2. The number of hydrogen-bond donors (Lipinski definition) is 0. The van der Waals surface area contributed by atoms with E-state index in [1.807, 2.05) is 0 Å². The Morgan fingerprint density at radius 2 is 1.65 bits per heavy atom. The largest absolute Gasteiger partial charge is 0.497 e. The van der Waals surface area contributed by atoms with E-state index in [0.29, 0.717) is 36.8 Å². The molecule has 2 nitrogen and oxygen atoms in total. The number of rotatable bonds is 9. The summed E-state index contributed by atoms with van der Waals surface area (Å²) in [5, 5.41) is 0. The van der Waals surface area contributed by atoms with E-state index >= 15 is 0 Å². The lowest BCUT2D eigenvalue weighted by Gasteiger charge is -2.33. The van der Waals surface area contributed by atoms with Gasteiger partial charge in [-0.15, -0.1) is 0 Å². The first-order valence-corrected chi connectivity index (χ1v) is 13.1. The Morgan fingerprint density at radius 3 is 2.29 bits per heavy atom. The Hall–Kier alpha value is -2.36. The van der Waals surface area contributed by atoms with Crippen LogP contribution in [0.4, 0.5) is 8.78 Å². The maximum absolute atomic E-state index is 14.3. The Labute approximate surface area is 203 Å². The summed E-state index contributed by atoms with van der Waals surface area (Å²) in [4.78, 5) is 0. The number of allylic oxidation sites excluding steroid dienone is 2. The van der Waals surface area contributed by atoms with Crippen LogP contribution in [0.3, 0.4) is 0 Å². The highest BCUT2D eigenvalue weighted by Gasteiger charge is 2.27. The van der Waals surface area contributed by atoms with Crippen LogP contribution in [0, 0.1) is 23.5 Å². The molecule has 2 aromatic carbocycles. The van der Waals surface area contributed by atoms with Crippen molar-refractivity contribution in [3.05, 3.63) is 76.6 Å². The molecule has 4 rings (SSSR count). The normalized spacial score (nSPS) is 22.7. The van der Waals surface area contributed by atoms with Gasteiger partial charge in [-0.05, 0) is 86.6 Å². The molecule has 1 saturated carbocycles. The Kier molecular flexibility index (Phi) is 8.64. The molecule has 0 N–H and O–H groups in total. The minimum absolute atomic E-state index is 0.0239. The standard InChI is InChI=1S/C30H38F2O2/c1-3-5-21-8-13-24(14-9-21)27-18-17-26(20-34-27)23-11-6-22(7-12-23)10-15-25-16-19-28(33-4-2)30(32)29(25)31/h6-7,11-12,16,18-19,21,24,26H,3-5,8-10,13-15,17,20H2,1-2H3. The molecule has 184 valence electrons.